The monoisotopic (exact) mass is 343 g/mol. The van der Waals surface area contributed by atoms with Crippen LogP contribution in [0.4, 0.5) is 0 Å². The van der Waals surface area contributed by atoms with E-state index in [0.717, 1.165) is 38.1 Å². The summed E-state index contributed by atoms with van der Waals surface area (Å²) in [5.41, 5.74) is 9.44. The zero-order valence-corrected chi connectivity index (χ0v) is 13.8. The van der Waals surface area contributed by atoms with Gasteiger partial charge in [0.05, 0.1) is 12.4 Å². The Morgan fingerprint density at radius 1 is 0.846 bits per heavy atom. The molecule has 0 unspecified atom stereocenters. The van der Waals surface area contributed by atoms with E-state index in [0.29, 0.717) is 0 Å². The summed E-state index contributed by atoms with van der Waals surface area (Å²) in [6, 6.07) is 15.8. The van der Waals surface area contributed by atoms with E-state index in [9.17, 15) is 0 Å². The molecule has 7 heteroatoms. The molecule has 0 radical (unpaired) electrons. The third-order valence-corrected chi connectivity index (χ3v) is 4.07. The molecule has 7 nitrogen and oxygen atoms in total. The number of H-pyrrole nitrogens is 2. The summed E-state index contributed by atoms with van der Waals surface area (Å²) in [6.45, 7) is 0. The molecule has 4 aromatic rings. The van der Waals surface area contributed by atoms with Crippen molar-refractivity contribution < 1.29 is 0 Å². The minimum Gasteiger partial charge on any atom is -0.367 e. The van der Waals surface area contributed by atoms with E-state index >= 15 is 0 Å². The van der Waals surface area contributed by atoms with Gasteiger partial charge in [-0.05, 0) is 12.1 Å². The minimum atomic E-state index is -0.266. The summed E-state index contributed by atoms with van der Waals surface area (Å²) in [5, 5.41) is 19.3. The van der Waals surface area contributed by atoms with Crippen molar-refractivity contribution in [3.63, 3.8) is 0 Å². The lowest BCUT2D eigenvalue weighted by Crippen LogP contribution is -2.27. The Hall–Kier alpha value is -3.87. The topological polar surface area (TPSA) is 109 Å². The van der Waals surface area contributed by atoms with Crippen LogP contribution in [-0.4, -0.2) is 33.5 Å². The van der Waals surface area contributed by atoms with Crippen LogP contribution in [0.3, 0.4) is 0 Å². The average Bonchev–Trinajstić information content (AvgIpc) is 3.26. The Bertz CT molecular complexity index is 1050. The van der Waals surface area contributed by atoms with E-state index in [4.69, 9.17) is 11.1 Å². The van der Waals surface area contributed by atoms with Crippen molar-refractivity contribution >= 4 is 40.2 Å². The second kappa shape index (κ2) is 6.56. The van der Waals surface area contributed by atoms with Gasteiger partial charge in [0.2, 0.25) is 5.96 Å². The van der Waals surface area contributed by atoms with Gasteiger partial charge in [0.1, 0.15) is 0 Å². The molecule has 5 N–H and O–H groups in total. The van der Waals surface area contributed by atoms with Crippen LogP contribution in [0.25, 0.3) is 21.8 Å². The fraction of sp³-hybridized carbons (Fsp3) is 0. The average molecular weight is 343 g/mol. The summed E-state index contributed by atoms with van der Waals surface area (Å²) in [6.07, 6.45) is 6.98. The first kappa shape index (κ1) is 15.6. The van der Waals surface area contributed by atoms with E-state index in [-0.39, 0.29) is 5.96 Å². The van der Waals surface area contributed by atoms with Crippen molar-refractivity contribution in [1.29, 1.82) is 5.41 Å². The first-order valence-corrected chi connectivity index (χ1v) is 8.07. The number of nitrogens with two attached hydrogens (primary N) is 1. The summed E-state index contributed by atoms with van der Waals surface area (Å²) < 4.78 is 0. The van der Waals surface area contributed by atoms with Crippen molar-refractivity contribution in [2.45, 2.75) is 0 Å². The first-order chi connectivity index (χ1) is 12.7. The number of nitrogens with zero attached hydrogens (tertiary/aromatic N) is 3. The number of hydrogen-bond acceptors (Lipinski definition) is 3. The van der Waals surface area contributed by atoms with Gasteiger partial charge >= 0.3 is 0 Å². The zero-order valence-electron chi connectivity index (χ0n) is 13.8. The Labute approximate surface area is 149 Å². The molecule has 0 bridgehead atoms. The summed E-state index contributed by atoms with van der Waals surface area (Å²) in [5.74, 6) is -0.266. The van der Waals surface area contributed by atoms with Crippen molar-refractivity contribution in [1.82, 2.24) is 15.1 Å². The molecule has 2 aromatic carbocycles. The number of nitrogens with one attached hydrogen (secondary N) is 3. The second-order valence-corrected chi connectivity index (χ2v) is 5.74. The molecule has 0 aliphatic heterocycles. The van der Waals surface area contributed by atoms with Crippen LogP contribution in [0.5, 0.6) is 0 Å². The molecule has 0 atom stereocenters. The molecule has 0 aliphatic carbocycles. The molecule has 0 saturated carbocycles. The van der Waals surface area contributed by atoms with Crippen molar-refractivity contribution in [2.24, 2.45) is 15.9 Å². The molecular weight excluding hydrogens is 326 g/mol. The molecule has 0 saturated heterocycles. The van der Waals surface area contributed by atoms with Gasteiger partial charge in [-0.3, -0.25) is 5.41 Å². The van der Waals surface area contributed by atoms with Crippen molar-refractivity contribution in [2.75, 3.05) is 0 Å². The molecule has 2 aromatic heterocycles. The third-order valence-electron chi connectivity index (χ3n) is 4.07. The number of hydrogen-bond donors (Lipinski definition) is 4. The molecule has 0 fully saturated rings. The summed E-state index contributed by atoms with van der Waals surface area (Å²) in [4.78, 5) is 6.36. The van der Waals surface area contributed by atoms with Crippen LogP contribution in [0.15, 0.2) is 71.1 Å². The highest BCUT2D eigenvalue weighted by molar-refractivity contribution is 6.00. The number of aromatic amines is 2. The van der Waals surface area contributed by atoms with Crippen LogP contribution < -0.4 is 5.73 Å². The third kappa shape index (κ3) is 2.93. The number of benzene rings is 2. The highest BCUT2D eigenvalue weighted by Crippen LogP contribution is 2.17. The van der Waals surface area contributed by atoms with Crippen LogP contribution in [0, 0.1) is 5.41 Å². The van der Waals surface area contributed by atoms with Crippen LogP contribution in [0.1, 0.15) is 11.1 Å². The number of hydrazone groups is 2. The van der Waals surface area contributed by atoms with E-state index in [2.05, 4.69) is 20.2 Å². The highest BCUT2D eigenvalue weighted by atomic mass is 15.7. The lowest BCUT2D eigenvalue weighted by atomic mass is 10.2. The number of para-hydroxylation sites is 2. The fourth-order valence-electron chi connectivity index (χ4n) is 2.79. The normalized spacial score (nSPS) is 11.8. The minimum absolute atomic E-state index is 0.266. The Kier molecular flexibility index (Phi) is 3.95. The standard InChI is InChI=1S/C19H17N7/c20-19(21)26(24-11-13-9-22-17-7-3-1-5-15(13)17)25-12-14-10-23-18-8-4-2-6-16(14)18/h1-12,22-23H,(H3,20,21)/b24-11+,25-12+. The molecule has 0 spiro atoms. The lowest BCUT2D eigenvalue weighted by Gasteiger charge is -2.08. The zero-order chi connectivity index (χ0) is 17.9. The molecule has 26 heavy (non-hydrogen) atoms. The van der Waals surface area contributed by atoms with Crippen LogP contribution in [0.2, 0.25) is 0 Å². The second-order valence-electron chi connectivity index (χ2n) is 5.74. The smallest absolute Gasteiger partial charge is 0.232 e. The first-order valence-electron chi connectivity index (χ1n) is 8.07. The largest absolute Gasteiger partial charge is 0.367 e. The SMILES string of the molecule is N=C(N)N(/N=C/c1c[nH]c2ccccc12)/N=C/c1c[nH]c2ccccc12. The van der Waals surface area contributed by atoms with E-state index in [1.807, 2.05) is 60.9 Å². The predicted molar refractivity (Wildman–Crippen MR) is 106 cm³/mol. The quantitative estimate of drug-likeness (QED) is 0.259. The van der Waals surface area contributed by atoms with Gasteiger partial charge in [0, 0.05) is 45.3 Å². The molecular formula is C19H17N7. The molecule has 0 aliphatic rings. The Balaban J connectivity index is 1.61. The van der Waals surface area contributed by atoms with Crippen molar-refractivity contribution in [3.05, 3.63) is 72.1 Å². The van der Waals surface area contributed by atoms with Crippen LogP contribution >= 0.6 is 0 Å². The summed E-state index contributed by atoms with van der Waals surface area (Å²) in [7, 11) is 0. The lowest BCUT2D eigenvalue weighted by molar-refractivity contribution is 0.472. The molecule has 0 amide bonds. The van der Waals surface area contributed by atoms with Gasteiger partial charge in [0.15, 0.2) is 0 Å². The van der Waals surface area contributed by atoms with E-state index < -0.39 is 0 Å². The van der Waals surface area contributed by atoms with Gasteiger partial charge in [0.25, 0.3) is 0 Å². The van der Waals surface area contributed by atoms with E-state index in [1.54, 1.807) is 12.4 Å². The number of guanidine groups is 1. The number of rotatable bonds is 4. The predicted octanol–water partition coefficient (Wildman–Crippen LogP) is 3.21. The fourth-order valence-corrected chi connectivity index (χ4v) is 2.79. The van der Waals surface area contributed by atoms with Gasteiger partial charge in [-0.2, -0.15) is 10.2 Å². The maximum absolute atomic E-state index is 7.70. The van der Waals surface area contributed by atoms with Gasteiger partial charge < -0.3 is 15.7 Å². The van der Waals surface area contributed by atoms with Crippen molar-refractivity contribution in [3.8, 4) is 0 Å². The molecule has 4 rings (SSSR count). The Morgan fingerprint density at radius 3 is 1.77 bits per heavy atom. The highest BCUT2D eigenvalue weighted by Gasteiger charge is 2.05. The van der Waals surface area contributed by atoms with Gasteiger partial charge in [-0.25, -0.2) is 0 Å². The molecule has 2 heterocycles. The summed E-state index contributed by atoms with van der Waals surface area (Å²) >= 11 is 0. The van der Waals surface area contributed by atoms with Gasteiger partial charge in [-0.15, -0.1) is 5.12 Å². The van der Waals surface area contributed by atoms with Crippen LogP contribution in [-0.2, 0) is 0 Å². The maximum Gasteiger partial charge on any atom is 0.232 e. The number of aromatic nitrogens is 2. The molecule has 128 valence electrons. The number of fused-ring (bicyclic) bond motifs is 2. The van der Waals surface area contributed by atoms with Gasteiger partial charge in [-0.1, -0.05) is 36.4 Å². The maximum atomic E-state index is 7.70. The van der Waals surface area contributed by atoms with E-state index in [1.165, 1.54) is 0 Å². The Morgan fingerprint density at radius 2 is 1.31 bits per heavy atom.